The number of nitrogens with zero attached hydrogens (tertiary/aromatic N) is 2. The van der Waals surface area contributed by atoms with Crippen molar-refractivity contribution in [1.29, 1.82) is 0 Å². The Morgan fingerprint density at radius 2 is 2.16 bits per heavy atom. The molecule has 1 saturated carbocycles. The van der Waals surface area contributed by atoms with Gasteiger partial charge in [-0.15, -0.1) is 0 Å². The molecule has 1 aromatic heterocycles. The molecule has 0 bridgehead atoms. The molecule has 2 N–H and O–H groups in total. The van der Waals surface area contributed by atoms with E-state index in [9.17, 15) is 4.79 Å². The van der Waals surface area contributed by atoms with Gasteiger partial charge in [-0.2, -0.15) is 0 Å². The van der Waals surface area contributed by atoms with Gasteiger partial charge in [-0.05, 0) is 25.7 Å². The zero-order valence-electron chi connectivity index (χ0n) is 11.7. The third-order valence-electron chi connectivity index (χ3n) is 3.31. The van der Waals surface area contributed by atoms with Gasteiger partial charge in [0, 0.05) is 23.7 Å². The van der Waals surface area contributed by atoms with Crippen molar-refractivity contribution < 1.29 is 9.90 Å². The third kappa shape index (κ3) is 3.91. The molecule has 0 radical (unpaired) electrons. The van der Waals surface area contributed by atoms with Crippen molar-refractivity contribution >= 4 is 11.8 Å². The highest BCUT2D eigenvalue weighted by molar-refractivity contribution is 5.68. The number of carbonyl (C=O) groups is 1. The van der Waals surface area contributed by atoms with Gasteiger partial charge in [0.2, 0.25) is 0 Å². The van der Waals surface area contributed by atoms with Crippen LogP contribution in [-0.4, -0.2) is 27.1 Å². The quantitative estimate of drug-likeness (QED) is 0.825. The Morgan fingerprint density at radius 3 is 2.68 bits per heavy atom. The van der Waals surface area contributed by atoms with E-state index in [0.29, 0.717) is 5.92 Å². The molecule has 0 saturated heterocycles. The van der Waals surface area contributed by atoms with E-state index in [1.807, 2.05) is 26.8 Å². The number of rotatable bonds is 6. The number of aliphatic carboxylic acids is 1. The van der Waals surface area contributed by atoms with Crippen LogP contribution in [0.2, 0.25) is 0 Å². The third-order valence-corrected chi connectivity index (χ3v) is 3.31. The molecule has 0 aliphatic heterocycles. The number of hydrogen-bond acceptors (Lipinski definition) is 4. The number of carboxylic acid groups (broad SMARTS) is 1. The summed E-state index contributed by atoms with van der Waals surface area (Å²) in [6.45, 7) is 6.03. The van der Waals surface area contributed by atoms with E-state index in [0.717, 1.165) is 30.2 Å². The van der Waals surface area contributed by atoms with E-state index < -0.39 is 5.97 Å². The van der Waals surface area contributed by atoms with Gasteiger partial charge in [-0.3, -0.25) is 4.79 Å². The van der Waals surface area contributed by atoms with Crippen LogP contribution >= 0.6 is 0 Å². The summed E-state index contributed by atoms with van der Waals surface area (Å²) in [5.74, 6) is 1.51. The standard InChI is InChI=1S/C14H21N3O2/c1-8(2)14-15-9(3)6-12(17-14)16-11(7-13(18)19)10-4-5-10/h6,8,10-11H,4-5,7H2,1-3H3,(H,18,19)(H,15,16,17). The molecule has 1 aliphatic carbocycles. The first kappa shape index (κ1) is 13.8. The van der Waals surface area contributed by atoms with Gasteiger partial charge in [0.15, 0.2) is 0 Å². The molecule has 104 valence electrons. The number of nitrogens with one attached hydrogen (secondary N) is 1. The van der Waals surface area contributed by atoms with Crippen LogP contribution in [0, 0.1) is 12.8 Å². The molecule has 0 spiro atoms. The number of hydrogen-bond donors (Lipinski definition) is 2. The summed E-state index contributed by atoms with van der Waals surface area (Å²) >= 11 is 0. The molecule has 1 heterocycles. The van der Waals surface area contributed by atoms with Crippen molar-refractivity contribution in [3.63, 3.8) is 0 Å². The maximum absolute atomic E-state index is 10.9. The van der Waals surface area contributed by atoms with Crippen molar-refractivity contribution in [3.8, 4) is 0 Å². The summed E-state index contributed by atoms with van der Waals surface area (Å²) in [4.78, 5) is 19.8. The summed E-state index contributed by atoms with van der Waals surface area (Å²) < 4.78 is 0. The van der Waals surface area contributed by atoms with Crippen LogP contribution in [0.5, 0.6) is 0 Å². The second kappa shape index (κ2) is 5.55. The fraction of sp³-hybridized carbons (Fsp3) is 0.643. The van der Waals surface area contributed by atoms with E-state index in [2.05, 4.69) is 15.3 Å². The summed E-state index contributed by atoms with van der Waals surface area (Å²) in [7, 11) is 0. The molecular weight excluding hydrogens is 242 g/mol. The zero-order chi connectivity index (χ0) is 14.0. The van der Waals surface area contributed by atoms with Crippen molar-refractivity contribution in [3.05, 3.63) is 17.6 Å². The Bertz CT molecular complexity index is 470. The first-order valence-corrected chi connectivity index (χ1v) is 6.79. The number of anilines is 1. The molecule has 1 aliphatic rings. The maximum Gasteiger partial charge on any atom is 0.305 e. The van der Waals surface area contributed by atoms with Crippen LogP contribution < -0.4 is 5.32 Å². The van der Waals surface area contributed by atoms with Crippen molar-refractivity contribution in [1.82, 2.24) is 9.97 Å². The number of carboxylic acids is 1. The molecule has 1 aromatic rings. The van der Waals surface area contributed by atoms with Gasteiger partial charge >= 0.3 is 5.97 Å². The first-order chi connectivity index (χ1) is 8.95. The molecule has 5 nitrogen and oxygen atoms in total. The van der Waals surface area contributed by atoms with Crippen molar-refractivity contribution in [2.45, 2.75) is 52.0 Å². The highest BCUT2D eigenvalue weighted by atomic mass is 16.4. The Balaban J connectivity index is 2.13. The highest BCUT2D eigenvalue weighted by Crippen LogP contribution is 2.35. The average Bonchev–Trinajstić information content (AvgIpc) is 3.10. The lowest BCUT2D eigenvalue weighted by atomic mass is 10.1. The second-order valence-electron chi connectivity index (χ2n) is 5.59. The Kier molecular flexibility index (Phi) is 4.02. The van der Waals surface area contributed by atoms with Gasteiger partial charge in [-0.1, -0.05) is 13.8 Å². The summed E-state index contributed by atoms with van der Waals surface area (Å²) in [6.07, 6.45) is 2.35. The summed E-state index contributed by atoms with van der Waals surface area (Å²) in [6, 6.07) is 1.86. The Labute approximate surface area is 113 Å². The van der Waals surface area contributed by atoms with Crippen molar-refractivity contribution in [2.75, 3.05) is 5.32 Å². The van der Waals surface area contributed by atoms with Crippen LogP contribution in [0.25, 0.3) is 0 Å². The van der Waals surface area contributed by atoms with E-state index in [1.165, 1.54) is 0 Å². The first-order valence-electron chi connectivity index (χ1n) is 6.79. The molecule has 1 fully saturated rings. The van der Waals surface area contributed by atoms with Crippen LogP contribution in [-0.2, 0) is 4.79 Å². The van der Waals surface area contributed by atoms with E-state index in [-0.39, 0.29) is 18.4 Å². The molecule has 19 heavy (non-hydrogen) atoms. The fourth-order valence-corrected chi connectivity index (χ4v) is 2.14. The highest BCUT2D eigenvalue weighted by Gasteiger charge is 2.33. The molecule has 1 unspecified atom stereocenters. The zero-order valence-corrected chi connectivity index (χ0v) is 11.7. The molecular formula is C14H21N3O2. The van der Waals surface area contributed by atoms with E-state index in [1.54, 1.807) is 0 Å². The topological polar surface area (TPSA) is 75.1 Å². The van der Waals surface area contributed by atoms with Crippen LogP contribution in [0.3, 0.4) is 0 Å². The van der Waals surface area contributed by atoms with Gasteiger partial charge < -0.3 is 10.4 Å². The number of aryl methyl sites for hydroxylation is 1. The van der Waals surface area contributed by atoms with Crippen LogP contribution in [0.4, 0.5) is 5.82 Å². The predicted octanol–water partition coefficient (Wildman–Crippen LogP) is 2.57. The lowest BCUT2D eigenvalue weighted by molar-refractivity contribution is -0.137. The summed E-state index contributed by atoms with van der Waals surface area (Å²) in [5, 5.41) is 12.2. The smallest absolute Gasteiger partial charge is 0.305 e. The Hall–Kier alpha value is -1.65. The molecule has 2 rings (SSSR count). The van der Waals surface area contributed by atoms with Gasteiger partial charge in [-0.25, -0.2) is 9.97 Å². The monoisotopic (exact) mass is 263 g/mol. The minimum absolute atomic E-state index is 0.0215. The van der Waals surface area contributed by atoms with Crippen LogP contribution in [0.15, 0.2) is 6.07 Å². The predicted molar refractivity (Wildman–Crippen MR) is 73.2 cm³/mol. The fourth-order valence-electron chi connectivity index (χ4n) is 2.14. The lowest BCUT2D eigenvalue weighted by Gasteiger charge is -2.18. The van der Waals surface area contributed by atoms with Crippen LogP contribution in [0.1, 0.15) is 50.5 Å². The second-order valence-corrected chi connectivity index (χ2v) is 5.59. The van der Waals surface area contributed by atoms with Gasteiger partial charge in [0.25, 0.3) is 0 Å². The largest absolute Gasteiger partial charge is 0.481 e. The lowest BCUT2D eigenvalue weighted by Crippen LogP contribution is -2.26. The SMILES string of the molecule is Cc1cc(NC(CC(=O)O)C2CC2)nc(C(C)C)n1. The maximum atomic E-state index is 10.9. The molecule has 0 aromatic carbocycles. The molecule has 1 atom stereocenters. The van der Waals surface area contributed by atoms with Gasteiger partial charge in [0.1, 0.15) is 11.6 Å². The normalized spacial score (nSPS) is 16.4. The summed E-state index contributed by atoms with van der Waals surface area (Å²) in [5.41, 5.74) is 0.908. The average molecular weight is 263 g/mol. The van der Waals surface area contributed by atoms with E-state index in [4.69, 9.17) is 5.11 Å². The Morgan fingerprint density at radius 1 is 1.47 bits per heavy atom. The molecule has 5 heteroatoms. The minimum Gasteiger partial charge on any atom is -0.481 e. The van der Waals surface area contributed by atoms with Gasteiger partial charge in [0.05, 0.1) is 6.42 Å². The minimum atomic E-state index is -0.765. The number of aromatic nitrogens is 2. The van der Waals surface area contributed by atoms with E-state index >= 15 is 0 Å². The molecule has 0 amide bonds. The van der Waals surface area contributed by atoms with Crippen molar-refractivity contribution in [2.24, 2.45) is 5.92 Å².